The maximum absolute atomic E-state index is 13.6. The van der Waals surface area contributed by atoms with Crippen molar-refractivity contribution in [3.05, 3.63) is 17.5 Å². The molecule has 0 spiro atoms. The number of rotatable bonds is 3. The smallest absolute Gasteiger partial charge is 0.123 e. The second-order valence-electron chi connectivity index (χ2n) is 4.39. The third-order valence-electron chi connectivity index (χ3n) is 2.29. The normalized spacial score (nSPS) is 14.4. The van der Waals surface area contributed by atoms with Crippen LogP contribution < -0.4 is 5.73 Å². The fraction of sp³-hybridized carbons (Fsp3) is 0.700. The van der Waals surface area contributed by atoms with Crippen molar-refractivity contribution in [2.45, 2.75) is 38.9 Å². The summed E-state index contributed by atoms with van der Waals surface area (Å²) in [7, 11) is 1.82. The zero-order valence-electron chi connectivity index (χ0n) is 9.21. The Morgan fingerprint density at radius 3 is 2.57 bits per heavy atom. The van der Waals surface area contributed by atoms with Gasteiger partial charge in [0, 0.05) is 24.7 Å². The molecule has 0 saturated heterocycles. The predicted octanol–water partition coefficient (Wildman–Crippen LogP) is 1.35. The van der Waals surface area contributed by atoms with Gasteiger partial charge >= 0.3 is 0 Å². The summed E-state index contributed by atoms with van der Waals surface area (Å²) in [6.07, 6.45) is -0.724. The van der Waals surface area contributed by atoms with Gasteiger partial charge in [0.05, 0.1) is 5.69 Å². The minimum atomic E-state index is -1.04. The molecule has 0 radical (unpaired) electrons. The molecular weight excluding hydrogens is 181 g/mol. The molecule has 0 bridgehead atoms. The van der Waals surface area contributed by atoms with Gasteiger partial charge in [-0.05, 0) is 26.8 Å². The maximum Gasteiger partial charge on any atom is 0.123 e. The Balaban J connectivity index is 2.74. The van der Waals surface area contributed by atoms with Crippen LogP contribution >= 0.6 is 0 Å². The van der Waals surface area contributed by atoms with Gasteiger partial charge < -0.3 is 5.73 Å². The van der Waals surface area contributed by atoms with Crippen molar-refractivity contribution in [3.63, 3.8) is 0 Å². The van der Waals surface area contributed by atoms with Crippen LogP contribution in [0.3, 0.4) is 0 Å². The molecule has 80 valence electrons. The summed E-state index contributed by atoms with van der Waals surface area (Å²) in [4.78, 5) is 0. The van der Waals surface area contributed by atoms with Crippen LogP contribution in [0, 0.1) is 6.92 Å². The molecule has 0 fully saturated rings. The number of halogens is 1. The van der Waals surface area contributed by atoms with E-state index in [0.717, 1.165) is 11.4 Å². The molecule has 0 aromatic carbocycles. The molecule has 0 aliphatic heterocycles. The molecule has 0 saturated carbocycles. The first kappa shape index (κ1) is 11.2. The van der Waals surface area contributed by atoms with E-state index in [9.17, 15) is 4.39 Å². The van der Waals surface area contributed by atoms with Gasteiger partial charge in [0.25, 0.3) is 0 Å². The topological polar surface area (TPSA) is 43.8 Å². The Kier molecular flexibility index (Phi) is 2.95. The largest absolute Gasteiger partial charge is 0.323 e. The van der Waals surface area contributed by atoms with E-state index in [1.165, 1.54) is 0 Å². The van der Waals surface area contributed by atoms with Gasteiger partial charge in [-0.25, -0.2) is 4.39 Å². The minimum absolute atomic E-state index is 0.320. The quantitative estimate of drug-likeness (QED) is 0.798. The van der Waals surface area contributed by atoms with Crippen molar-refractivity contribution < 1.29 is 4.39 Å². The molecule has 2 N–H and O–H groups in total. The zero-order chi connectivity index (χ0) is 10.9. The third kappa shape index (κ3) is 2.54. The first-order chi connectivity index (χ1) is 6.30. The fourth-order valence-electron chi connectivity index (χ4n) is 1.30. The van der Waals surface area contributed by atoms with Crippen LogP contribution in [0.2, 0.25) is 0 Å². The van der Waals surface area contributed by atoms with Crippen LogP contribution in [-0.4, -0.2) is 21.5 Å². The first-order valence-corrected chi connectivity index (χ1v) is 4.73. The average Bonchev–Trinajstić information content (AvgIpc) is 2.28. The van der Waals surface area contributed by atoms with E-state index in [-0.39, 0.29) is 0 Å². The molecule has 14 heavy (non-hydrogen) atoms. The van der Waals surface area contributed by atoms with Gasteiger partial charge in [0.2, 0.25) is 0 Å². The molecule has 1 unspecified atom stereocenters. The highest BCUT2D eigenvalue weighted by molar-refractivity contribution is 5.10. The summed E-state index contributed by atoms with van der Waals surface area (Å²) in [5, 5.41) is 4.16. The molecule has 0 aliphatic rings. The van der Waals surface area contributed by atoms with E-state index < -0.39 is 11.7 Å². The number of aromatic nitrogens is 2. The Morgan fingerprint density at radius 1 is 1.64 bits per heavy atom. The lowest BCUT2D eigenvalue weighted by Crippen LogP contribution is -2.43. The highest BCUT2D eigenvalue weighted by atomic mass is 19.1. The first-order valence-electron chi connectivity index (χ1n) is 4.73. The maximum atomic E-state index is 13.6. The minimum Gasteiger partial charge on any atom is -0.323 e. The van der Waals surface area contributed by atoms with E-state index in [1.54, 1.807) is 18.5 Å². The molecule has 1 heterocycles. The van der Waals surface area contributed by atoms with Crippen LogP contribution in [-0.2, 0) is 13.5 Å². The van der Waals surface area contributed by atoms with Crippen molar-refractivity contribution in [1.82, 2.24) is 9.78 Å². The van der Waals surface area contributed by atoms with Crippen molar-refractivity contribution in [2.75, 3.05) is 0 Å². The summed E-state index contributed by atoms with van der Waals surface area (Å²) in [6.45, 7) is 5.28. The number of nitrogens with two attached hydrogens (primary N) is 1. The third-order valence-corrected chi connectivity index (χ3v) is 2.29. The van der Waals surface area contributed by atoms with Crippen molar-refractivity contribution in [1.29, 1.82) is 0 Å². The molecule has 0 amide bonds. The summed E-state index contributed by atoms with van der Waals surface area (Å²) in [6, 6.07) is 1.89. The summed E-state index contributed by atoms with van der Waals surface area (Å²) >= 11 is 0. The zero-order valence-corrected chi connectivity index (χ0v) is 9.21. The average molecular weight is 199 g/mol. The highest BCUT2D eigenvalue weighted by Gasteiger charge is 2.25. The van der Waals surface area contributed by atoms with Crippen molar-refractivity contribution in [3.8, 4) is 0 Å². The number of alkyl halides is 1. The van der Waals surface area contributed by atoms with Crippen LogP contribution in [0.15, 0.2) is 6.07 Å². The van der Waals surface area contributed by atoms with Gasteiger partial charge in [-0.2, -0.15) is 5.10 Å². The Morgan fingerprint density at radius 2 is 2.21 bits per heavy atom. The van der Waals surface area contributed by atoms with Gasteiger partial charge in [-0.3, -0.25) is 4.68 Å². The van der Waals surface area contributed by atoms with Gasteiger partial charge in [-0.1, -0.05) is 0 Å². The summed E-state index contributed by atoms with van der Waals surface area (Å²) < 4.78 is 15.3. The van der Waals surface area contributed by atoms with E-state index in [4.69, 9.17) is 5.73 Å². The molecule has 1 rings (SSSR count). The van der Waals surface area contributed by atoms with Crippen LogP contribution in [0.1, 0.15) is 25.2 Å². The second kappa shape index (κ2) is 3.69. The Bertz CT molecular complexity index is 312. The molecule has 1 aromatic heterocycles. The molecule has 3 nitrogen and oxygen atoms in total. The van der Waals surface area contributed by atoms with Crippen LogP contribution in [0.4, 0.5) is 4.39 Å². The van der Waals surface area contributed by atoms with Gasteiger partial charge in [0.15, 0.2) is 0 Å². The molecular formula is C10H18FN3. The summed E-state index contributed by atoms with van der Waals surface area (Å²) in [5.74, 6) is 0. The fourth-order valence-corrected chi connectivity index (χ4v) is 1.30. The lowest BCUT2D eigenvalue weighted by molar-refractivity contribution is 0.215. The van der Waals surface area contributed by atoms with Gasteiger partial charge in [0.1, 0.15) is 6.17 Å². The van der Waals surface area contributed by atoms with Crippen LogP contribution in [0.25, 0.3) is 0 Å². The number of nitrogens with zero attached hydrogens (tertiary/aromatic N) is 2. The number of hydrogen-bond donors (Lipinski definition) is 1. The molecule has 0 aliphatic carbocycles. The lowest BCUT2D eigenvalue weighted by atomic mass is 9.96. The van der Waals surface area contributed by atoms with E-state index in [1.807, 2.05) is 20.0 Å². The SMILES string of the molecule is Cc1cc(CC(F)C(C)(C)N)n(C)n1. The molecule has 1 aromatic rings. The van der Waals surface area contributed by atoms with Crippen molar-refractivity contribution in [2.24, 2.45) is 12.8 Å². The van der Waals surface area contributed by atoms with E-state index in [2.05, 4.69) is 5.10 Å². The van der Waals surface area contributed by atoms with Gasteiger partial charge in [-0.15, -0.1) is 0 Å². The van der Waals surface area contributed by atoms with E-state index >= 15 is 0 Å². The Hall–Kier alpha value is -0.900. The highest BCUT2D eigenvalue weighted by Crippen LogP contribution is 2.15. The second-order valence-corrected chi connectivity index (χ2v) is 4.39. The molecule has 1 atom stereocenters. The lowest BCUT2D eigenvalue weighted by Gasteiger charge is -2.23. The number of hydrogen-bond acceptors (Lipinski definition) is 2. The standard InChI is InChI=1S/C10H18FN3/c1-7-5-8(14(4)13-7)6-9(11)10(2,3)12/h5,9H,6,12H2,1-4H3. The Labute approximate surface area is 84.1 Å². The predicted molar refractivity (Wildman–Crippen MR) is 54.8 cm³/mol. The number of aryl methyl sites for hydroxylation is 2. The monoisotopic (exact) mass is 199 g/mol. The van der Waals surface area contributed by atoms with E-state index in [0.29, 0.717) is 6.42 Å². The van der Waals surface area contributed by atoms with Crippen molar-refractivity contribution >= 4 is 0 Å². The summed E-state index contributed by atoms with van der Waals surface area (Å²) in [5.41, 5.74) is 6.68. The molecule has 4 heteroatoms. The van der Waals surface area contributed by atoms with Crippen LogP contribution in [0.5, 0.6) is 0 Å².